The number of carboxylic acids is 1. The van der Waals surface area contributed by atoms with Gasteiger partial charge in [0.2, 0.25) is 34.8 Å². The molecule has 3 aromatic carbocycles. The first-order chi connectivity index (χ1) is 35.2. The zero-order chi connectivity index (χ0) is 54.9. The van der Waals surface area contributed by atoms with Crippen LogP contribution in [-0.2, 0) is 62.3 Å². The summed E-state index contributed by atoms with van der Waals surface area (Å²) >= 11 is 4.87. The number of aromatic amines is 1. The Balaban J connectivity index is -0.000000999. The van der Waals surface area contributed by atoms with Crippen LogP contribution in [0.4, 0.5) is 0 Å². The van der Waals surface area contributed by atoms with Crippen molar-refractivity contribution in [2.45, 2.75) is 80.6 Å². The molecule has 0 aliphatic carbocycles. The minimum Gasteiger partial charge on any atom is -0.870 e. The van der Waals surface area contributed by atoms with Gasteiger partial charge in [-0.15, -0.1) is 0 Å². The predicted molar refractivity (Wildman–Crippen MR) is 284 cm³/mol. The summed E-state index contributed by atoms with van der Waals surface area (Å²) in [6.07, 6.45) is 5.80. The second-order valence-corrected chi connectivity index (χ2v) is 16.3. The van der Waals surface area contributed by atoms with E-state index in [-0.39, 0.29) is 123 Å². The molecule has 0 bridgehead atoms. The smallest absolute Gasteiger partial charge is 0.870 e. The van der Waals surface area contributed by atoms with Crippen LogP contribution in [0.3, 0.4) is 0 Å². The molecule has 0 saturated carbocycles. The molecule has 25 heteroatoms. The van der Waals surface area contributed by atoms with Crippen molar-refractivity contribution in [2.24, 2.45) is 0 Å². The first-order valence-electron chi connectivity index (χ1n) is 23.2. The van der Waals surface area contributed by atoms with Crippen LogP contribution in [0.15, 0.2) is 73.2 Å². The SMILES string of the molecule is C.CCOC(=O)CC(=O)Cl.CCOC(=O)CC(=O)n1cc(CCNC(C)=O)c2cc(OC)ccc21.COc1ccc2[nH]cc(CCNC(C)=O)c2c1.COc1ccc2c(c1)c(CCNC(C)=O)cn2C(=O)CC(=O)[O-].[HH].[Na+].[Na+].[OH-]. The van der Waals surface area contributed by atoms with E-state index in [1.807, 2.05) is 30.5 Å². The molecular weight excluding hydrogens is 1060 g/mol. The number of carboxylic acid groups (broad SMARTS) is 1. The largest absolute Gasteiger partial charge is 1.00 e. The number of carbonyl (C=O) groups excluding carboxylic acids is 9. The van der Waals surface area contributed by atoms with Gasteiger partial charge in [0.15, 0.2) is 0 Å². The molecular formula is C53H69ClN6Na2O16. The first kappa shape index (κ1) is 73.8. The van der Waals surface area contributed by atoms with E-state index in [2.05, 4.69) is 25.7 Å². The van der Waals surface area contributed by atoms with Crippen LogP contribution in [0.5, 0.6) is 17.2 Å². The summed E-state index contributed by atoms with van der Waals surface area (Å²) in [5, 5.41) is 21.0. The summed E-state index contributed by atoms with van der Waals surface area (Å²) in [6, 6.07) is 16.5. The van der Waals surface area contributed by atoms with Gasteiger partial charge >= 0.3 is 71.1 Å². The summed E-state index contributed by atoms with van der Waals surface area (Å²) in [7, 11) is 4.77. The van der Waals surface area contributed by atoms with Crippen LogP contribution in [0.1, 0.15) is 89.0 Å². The molecule has 6 rings (SSSR count). The molecule has 3 amide bonds. The zero-order valence-corrected chi connectivity index (χ0v) is 49.8. The van der Waals surface area contributed by atoms with E-state index in [0.717, 1.165) is 45.0 Å². The Kier molecular flexibility index (Phi) is 36.3. The monoisotopic (exact) mass is 1130 g/mol. The van der Waals surface area contributed by atoms with Gasteiger partial charge in [0, 0.05) is 82.1 Å². The fourth-order valence-corrected chi connectivity index (χ4v) is 7.29. The molecule has 6 aromatic rings. The van der Waals surface area contributed by atoms with Gasteiger partial charge in [0.05, 0.1) is 58.0 Å². The Hall–Kier alpha value is -6.24. The zero-order valence-electron chi connectivity index (χ0n) is 45.0. The third-order valence-electron chi connectivity index (χ3n) is 10.5. The maximum Gasteiger partial charge on any atom is 1.00 e. The molecule has 0 fully saturated rings. The number of methoxy groups -OCH3 is 3. The maximum atomic E-state index is 12.5. The Morgan fingerprint density at radius 2 is 0.949 bits per heavy atom. The average Bonchev–Trinajstić information content (AvgIpc) is 4.04. The fraction of sp³-hybridized carbons (Fsp3) is 0.377. The number of rotatable bonds is 20. The number of carbonyl (C=O) groups is 9. The number of aliphatic carboxylic acids is 1. The number of fused-ring (bicyclic) bond motifs is 3. The number of halogens is 1. The van der Waals surface area contributed by atoms with Crippen LogP contribution < -0.4 is 94.4 Å². The van der Waals surface area contributed by atoms with Crippen LogP contribution in [0, 0.1) is 0 Å². The van der Waals surface area contributed by atoms with Crippen LogP contribution in [-0.4, -0.2) is 126 Å². The van der Waals surface area contributed by atoms with Crippen molar-refractivity contribution in [1.29, 1.82) is 0 Å². The Morgan fingerprint density at radius 3 is 1.32 bits per heavy atom. The number of esters is 2. The van der Waals surface area contributed by atoms with Crippen molar-refractivity contribution in [2.75, 3.05) is 54.2 Å². The summed E-state index contributed by atoms with van der Waals surface area (Å²) in [5.41, 5.74) is 5.26. The molecule has 0 aliphatic rings. The summed E-state index contributed by atoms with van der Waals surface area (Å²) in [5.74, 6) is -1.60. The summed E-state index contributed by atoms with van der Waals surface area (Å²) < 4.78 is 27.6. The van der Waals surface area contributed by atoms with Gasteiger partial charge in [-0.05, 0) is 116 Å². The van der Waals surface area contributed by atoms with Crippen LogP contribution in [0.25, 0.3) is 32.7 Å². The third kappa shape index (κ3) is 24.6. The average molecular weight is 1130 g/mol. The number of amides is 3. The van der Waals surface area contributed by atoms with E-state index in [1.54, 1.807) is 70.8 Å². The molecule has 0 spiro atoms. The van der Waals surface area contributed by atoms with E-state index >= 15 is 0 Å². The minimum atomic E-state index is -1.43. The molecule has 78 heavy (non-hydrogen) atoms. The van der Waals surface area contributed by atoms with Crippen molar-refractivity contribution < 1.29 is 138 Å². The molecule has 0 radical (unpaired) electrons. The van der Waals surface area contributed by atoms with Crippen molar-refractivity contribution in [3.8, 4) is 17.2 Å². The first-order valence-corrected chi connectivity index (χ1v) is 23.6. The van der Waals surface area contributed by atoms with E-state index in [9.17, 15) is 48.3 Å². The third-order valence-corrected chi connectivity index (χ3v) is 10.6. The minimum absolute atomic E-state index is 0. The Morgan fingerprint density at radius 1 is 0.577 bits per heavy atom. The second kappa shape index (κ2) is 38.3. The van der Waals surface area contributed by atoms with Gasteiger partial charge in [-0.3, -0.25) is 47.5 Å². The molecule has 3 heterocycles. The van der Waals surface area contributed by atoms with Crippen molar-refractivity contribution in [1.82, 2.24) is 30.1 Å². The second-order valence-electron chi connectivity index (χ2n) is 15.9. The summed E-state index contributed by atoms with van der Waals surface area (Å²) in [4.78, 5) is 103. The number of nitrogens with one attached hydrogen (secondary N) is 4. The van der Waals surface area contributed by atoms with E-state index in [4.69, 9.17) is 30.5 Å². The number of H-pyrrole nitrogens is 1. The topological polar surface area (TPSA) is 315 Å². The van der Waals surface area contributed by atoms with E-state index in [1.165, 1.54) is 42.6 Å². The number of nitrogens with zero attached hydrogens (tertiary/aromatic N) is 2. The standard InChI is InChI=1S/C18H22N2O5.C16H18N2O5.C13H16N2O2.C5H7ClO3.CH4.2Na.H2O.H2/c1-4-25-18(23)10-17(22)20-11-13(7-8-19-12(2)21)15-9-14(24-3)5-6-16(15)20;1-10(19)17-6-5-11-9-18(15(20)8-16(21)22)14-4-3-12(23-2)7-13(11)14;1-9(16)14-6-5-10-8-15-13-4-3-11(17-2)7-12(10)13;1-2-9-5(8)3-4(6)7;;;;;/h5-6,9,11H,4,7-8,10H2,1-3H3,(H,19,21);3-4,7,9H,5-6,8H2,1-2H3,(H,17,19)(H,21,22);3-4,7-8,15H,5-6H2,1-2H3,(H,14,16);2-3H2,1H3;1H4;;;1H2;1H/q;;;;;2*+1;;/p-2. The molecule has 0 saturated heterocycles. The number of aromatic nitrogens is 3. The van der Waals surface area contributed by atoms with Gasteiger partial charge in [-0.1, -0.05) is 7.43 Å². The fourth-order valence-electron chi connectivity index (χ4n) is 7.19. The van der Waals surface area contributed by atoms with Crippen molar-refractivity contribution in [3.05, 3.63) is 89.9 Å². The Bertz CT molecular complexity index is 2960. The molecule has 5 N–H and O–H groups in total. The number of ether oxygens (including phenoxy) is 5. The van der Waals surface area contributed by atoms with Gasteiger partial charge in [-0.25, -0.2) is 0 Å². The van der Waals surface area contributed by atoms with Gasteiger partial charge < -0.3 is 60.0 Å². The molecule has 0 atom stereocenters. The number of hydrogen-bond acceptors (Lipinski definition) is 16. The molecule has 0 unspecified atom stereocenters. The molecule has 3 aromatic heterocycles. The van der Waals surface area contributed by atoms with Gasteiger partial charge in [-0.2, -0.15) is 0 Å². The van der Waals surface area contributed by atoms with E-state index in [0.29, 0.717) is 55.0 Å². The van der Waals surface area contributed by atoms with Crippen molar-refractivity contribution in [3.63, 3.8) is 0 Å². The van der Waals surface area contributed by atoms with Gasteiger partial charge in [0.25, 0.3) is 0 Å². The van der Waals surface area contributed by atoms with Crippen LogP contribution in [0.2, 0.25) is 0 Å². The quantitative estimate of drug-likeness (QED) is 0.0318. The molecule has 0 aliphatic heterocycles. The van der Waals surface area contributed by atoms with Crippen LogP contribution >= 0.6 is 11.6 Å². The normalized spacial score (nSPS) is 9.76. The van der Waals surface area contributed by atoms with E-state index < -0.39 is 35.5 Å². The molecule has 22 nitrogen and oxygen atoms in total. The summed E-state index contributed by atoms with van der Waals surface area (Å²) in [6.45, 7) is 9.80. The van der Waals surface area contributed by atoms with Crippen molar-refractivity contribution >= 4 is 97.0 Å². The number of hydrogen-bond donors (Lipinski definition) is 4. The number of benzene rings is 3. The Labute approximate surface area is 503 Å². The predicted octanol–water partition coefficient (Wildman–Crippen LogP) is -0.696. The van der Waals surface area contributed by atoms with Gasteiger partial charge in [0.1, 0.15) is 30.1 Å². The molecule has 416 valence electrons. The maximum absolute atomic E-state index is 12.5.